The molecule has 0 aliphatic carbocycles. The molecule has 2 aromatic rings. The molecule has 0 aliphatic rings. The smallest absolute Gasteiger partial charge is 0.241 e. The molecule has 2 heterocycles. The topological polar surface area (TPSA) is 71.1 Å². The standard InChI is InChI=1S/C13H19N3O2S3/c1-2-5-14-8-12-13(4-7-20-12)21(17,18)16-6-3-11-9-19-10-15-11/h4,7,9-10,14,16H,2-3,5-6,8H2,1H3. The Morgan fingerprint density at radius 2 is 2.19 bits per heavy atom. The Morgan fingerprint density at radius 3 is 2.90 bits per heavy atom. The van der Waals surface area contributed by atoms with Crippen LogP contribution in [0.4, 0.5) is 0 Å². The van der Waals surface area contributed by atoms with Crippen LogP contribution in [0.3, 0.4) is 0 Å². The van der Waals surface area contributed by atoms with Crippen molar-refractivity contribution in [1.82, 2.24) is 15.0 Å². The Morgan fingerprint density at radius 1 is 1.33 bits per heavy atom. The first-order valence-electron chi connectivity index (χ1n) is 6.77. The predicted octanol–water partition coefficient (Wildman–Crippen LogP) is 2.23. The number of hydrogen-bond acceptors (Lipinski definition) is 6. The van der Waals surface area contributed by atoms with Gasteiger partial charge in [0, 0.05) is 29.8 Å². The Bertz CT molecular complexity index is 635. The fourth-order valence-corrected chi connectivity index (χ4v) is 4.86. The van der Waals surface area contributed by atoms with Crippen molar-refractivity contribution in [3.8, 4) is 0 Å². The molecule has 0 fully saturated rings. The number of sulfonamides is 1. The van der Waals surface area contributed by atoms with Gasteiger partial charge in [-0.15, -0.1) is 22.7 Å². The summed E-state index contributed by atoms with van der Waals surface area (Å²) in [5.74, 6) is 0. The lowest BCUT2D eigenvalue weighted by molar-refractivity contribution is 0.579. The second kappa shape index (κ2) is 8.00. The molecule has 0 bridgehead atoms. The Balaban J connectivity index is 1.94. The molecule has 0 spiro atoms. The summed E-state index contributed by atoms with van der Waals surface area (Å²) >= 11 is 2.98. The molecular weight excluding hydrogens is 326 g/mol. The van der Waals surface area contributed by atoms with Crippen molar-refractivity contribution in [3.63, 3.8) is 0 Å². The van der Waals surface area contributed by atoms with Crippen molar-refractivity contribution in [2.45, 2.75) is 31.2 Å². The summed E-state index contributed by atoms with van der Waals surface area (Å²) in [5, 5.41) is 6.98. The molecule has 5 nitrogen and oxygen atoms in total. The lowest BCUT2D eigenvalue weighted by atomic mass is 10.3. The maximum Gasteiger partial charge on any atom is 0.241 e. The van der Waals surface area contributed by atoms with Gasteiger partial charge < -0.3 is 5.32 Å². The zero-order valence-electron chi connectivity index (χ0n) is 11.8. The molecule has 8 heteroatoms. The van der Waals surface area contributed by atoms with Gasteiger partial charge in [0.1, 0.15) is 0 Å². The highest BCUT2D eigenvalue weighted by atomic mass is 32.2. The van der Waals surface area contributed by atoms with Gasteiger partial charge >= 0.3 is 0 Å². The summed E-state index contributed by atoms with van der Waals surface area (Å²) < 4.78 is 27.3. The number of rotatable bonds is 9. The third-order valence-electron chi connectivity index (χ3n) is 2.86. The summed E-state index contributed by atoms with van der Waals surface area (Å²) in [6.07, 6.45) is 1.63. The van der Waals surface area contributed by atoms with E-state index >= 15 is 0 Å². The van der Waals surface area contributed by atoms with E-state index in [-0.39, 0.29) is 0 Å². The first-order chi connectivity index (χ1) is 10.1. The normalized spacial score (nSPS) is 11.9. The molecule has 0 radical (unpaired) electrons. The molecule has 0 atom stereocenters. The van der Waals surface area contributed by atoms with E-state index in [1.165, 1.54) is 22.7 Å². The highest BCUT2D eigenvalue weighted by Gasteiger charge is 2.19. The molecule has 0 saturated carbocycles. The average Bonchev–Trinajstić information content (AvgIpc) is 3.10. The molecule has 116 valence electrons. The zero-order chi connectivity index (χ0) is 15.1. The summed E-state index contributed by atoms with van der Waals surface area (Å²) in [6, 6.07) is 1.67. The Kier molecular flexibility index (Phi) is 6.31. The van der Waals surface area contributed by atoms with Gasteiger partial charge in [0.2, 0.25) is 10.0 Å². The maximum absolute atomic E-state index is 12.3. The summed E-state index contributed by atoms with van der Waals surface area (Å²) in [5.41, 5.74) is 2.66. The quantitative estimate of drug-likeness (QED) is 0.684. The van der Waals surface area contributed by atoms with Crippen LogP contribution in [0.1, 0.15) is 23.9 Å². The van der Waals surface area contributed by atoms with E-state index in [1.54, 1.807) is 11.6 Å². The van der Waals surface area contributed by atoms with Crippen LogP contribution in [0.2, 0.25) is 0 Å². The monoisotopic (exact) mass is 345 g/mol. The predicted molar refractivity (Wildman–Crippen MR) is 87.3 cm³/mol. The van der Waals surface area contributed by atoms with Crippen LogP contribution in [-0.4, -0.2) is 26.5 Å². The largest absolute Gasteiger partial charge is 0.312 e. The molecule has 0 unspecified atom stereocenters. The maximum atomic E-state index is 12.3. The fraction of sp³-hybridized carbons (Fsp3) is 0.462. The number of nitrogens with one attached hydrogen (secondary N) is 2. The van der Waals surface area contributed by atoms with Crippen molar-refractivity contribution < 1.29 is 8.42 Å². The average molecular weight is 346 g/mol. The van der Waals surface area contributed by atoms with E-state index in [9.17, 15) is 8.42 Å². The summed E-state index contributed by atoms with van der Waals surface area (Å²) in [7, 11) is -3.44. The van der Waals surface area contributed by atoms with Gasteiger partial charge in [-0.25, -0.2) is 18.1 Å². The van der Waals surface area contributed by atoms with Crippen molar-refractivity contribution in [2.75, 3.05) is 13.1 Å². The second-order valence-electron chi connectivity index (χ2n) is 4.51. The first kappa shape index (κ1) is 16.6. The summed E-state index contributed by atoms with van der Waals surface area (Å²) in [6.45, 7) is 3.92. The number of hydrogen-bond donors (Lipinski definition) is 2. The molecule has 0 aliphatic heterocycles. The minimum absolute atomic E-state index is 0.365. The van der Waals surface area contributed by atoms with Crippen LogP contribution in [0.25, 0.3) is 0 Å². The van der Waals surface area contributed by atoms with E-state index in [0.29, 0.717) is 24.4 Å². The number of nitrogens with zero attached hydrogens (tertiary/aromatic N) is 1. The third kappa shape index (κ3) is 4.86. The number of aromatic nitrogens is 1. The minimum Gasteiger partial charge on any atom is -0.312 e. The van der Waals surface area contributed by atoms with Gasteiger partial charge in [-0.3, -0.25) is 0 Å². The van der Waals surface area contributed by atoms with Crippen LogP contribution >= 0.6 is 22.7 Å². The van der Waals surface area contributed by atoms with Crippen molar-refractivity contribution in [1.29, 1.82) is 0 Å². The van der Waals surface area contributed by atoms with Crippen LogP contribution in [0.5, 0.6) is 0 Å². The fourth-order valence-electron chi connectivity index (χ4n) is 1.83. The highest BCUT2D eigenvalue weighted by Crippen LogP contribution is 2.21. The second-order valence-corrected chi connectivity index (χ2v) is 7.97. The van der Waals surface area contributed by atoms with Gasteiger partial charge in [0.05, 0.1) is 16.1 Å². The lowest BCUT2D eigenvalue weighted by Gasteiger charge is -2.08. The molecule has 0 saturated heterocycles. The van der Waals surface area contributed by atoms with E-state index in [0.717, 1.165) is 23.5 Å². The molecule has 0 aromatic carbocycles. The van der Waals surface area contributed by atoms with Crippen molar-refractivity contribution in [3.05, 3.63) is 32.9 Å². The third-order valence-corrected chi connectivity index (χ3v) is 6.09. The van der Waals surface area contributed by atoms with Gasteiger partial charge in [-0.05, 0) is 24.4 Å². The van der Waals surface area contributed by atoms with Gasteiger partial charge in [-0.1, -0.05) is 6.92 Å². The van der Waals surface area contributed by atoms with Gasteiger partial charge in [0.15, 0.2) is 0 Å². The molecule has 21 heavy (non-hydrogen) atoms. The minimum atomic E-state index is -3.44. The zero-order valence-corrected chi connectivity index (χ0v) is 14.3. The lowest BCUT2D eigenvalue weighted by Crippen LogP contribution is -2.27. The Labute approximate surface area is 133 Å². The first-order valence-corrected chi connectivity index (χ1v) is 10.1. The van der Waals surface area contributed by atoms with Crippen LogP contribution in [0, 0.1) is 0 Å². The van der Waals surface area contributed by atoms with E-state index in [2.05, 4.69) is 21.9 Å². The molecule has 2 rings (SSSR count). The summed E-state index contributed by atoms with van der Waals surface area (Å²) in [4.78, 5) is 5.38. The van der Waals surface area contributed by atoms with Crippen molar-refractivity contribution in [2.24, 2.45) is 0 Å². The molecule has 2 N–H and O–H groups in total. The SMILES string of the molecule is CCCNCc1sccc1S(=O)(=O)NCCc1cscn1. The number of thiazole rings is 1. The van der Waals surface area contributed by atoms with E-state index in [4.69, 9.17) is 0 Å². The van der Waals surface area contributed by atoms with E-state index < -0.39 is 10.0 Å². The molecule has 2 aromatic heterocycles. The van der Waals surface area contributed by atoms with Gasteiger partial charge in [-0.2, -0.15) is 0 Å². The van der Waals surface area contributed by atoms with Gasteiger partial charge in [0.25, 0.3) is 0 Å². The van der Waals surface area contributed by atoms with E-state index in [1.807, 2.05) is 10.8 Å². The molecular formula is C13H19N3O2S3. The van der Waals surface area contributed by atoms with Crippen LogP contribution < -0.4 is 10.0 Å². The molecule has 0 amide bonds. The number of thiophene rings is 1. The van der Waals surface area contributed by atoms with Crippen molar-refractivity contribution >= 4 is 32.7 Å². The van der Waals surface area contributed by atoms with Crippen LogP contribution in [0.15, 0.2) is 27.2 Å². The highest BCUT2D eigenvalue weighted by molar-refractivity contribution is 7.89. The van der Waals surface area contributed by atoms with Crippen LogP contribution in [-0.2, 0) is 23.0 Å². The Hall–Kier alpha value is -0.800.